The van der Waals surface area contributed by atoms with Crippen LogP contribution in [0.4, 0.5) is 4.39 Å². The normalized spacial score (nSPS) is 17.2. The van der Waals surface area contributed by atoms with E-state index in [4.69, 9.17) is 0 Å². The van der Waals surface area contributed by atoms with E-state index >= 15 is 0 Å². The molecule has 1 aromatic heterocycles. The standard InChI is InChI=1S/C23H27FN4O3S/c1-3-28(4-2)32(30,31)17-11-12-19(24)18(14-17)23(29)27-13-7-8-16(15-27)22-25-20-9-5-6-10-21(20)26-22/h5-6,9-12,14,16H,3-4,7-8,13,15H2,1-2H3,(H,25,26)/t16-/m1/s1. The molecule has 1 amide bonds. The molecule has 1 atom stereocenters. The Morgan fingerprint density at radius 3 is 2.69 bits per heavy atom. The van der Waals surface area contributed by atoms with Gasteiger partial charge in [0.2, 0.25) is 10.0 Å². The van der Waals surface area contributed by atoms with Crippen LogP contribution in [-0.4, -0.2) is 59.7 Å². The number of para-hydroxylation sites is 2. The van der Waals surface area contributed by atoms with Crippen molar-refractivity contribution >= 4 is 27.0 Å². The lowest BCUT2D eigenvalue weighted by atomic mass is 9.96. The van der Waals surface area contributed by atoms with Crippen molar-refractivity contribution in [1.29, 1.82) is 0 Å². The smallest absolute Gasteiger partial charge is 0.256 e. The number of carbonyl (C=O) groups is 1. The van der Waals surface area contributed by atoms with Gasteiger partial charge in [-0.05, 0) is 43.2 Å². The summed E-state index contributed by atoms with van der Waals surface area (Å²) in [7, 11) is -3.79. The number of halogens is 1. The van der Waals surface area contributed by atoms with Crippen LogP contribution in [0.15, 0.2) is 47.4 Å². The number of hydrogen-bond acceptors (Lipinski definition) is 4. The number of fused-ring (bicyclic) bond motifs is 1. The van der Waals surface area contributed by atoms with Gasteiger partial charge in [0.15, 0.2) is 0 Å². The fourth-order valence-corrected chi connectivity index (χ4v) is 5.75. The molecule has 0 aliphatic carbocycles. The van der Waals surface area contributed by atoms with Crippen LogP contribution < -0.4 is 0 Å². The van der Waals surface area contributed by atoms with E-state index in [1.54, 1.807) is 18.7 Å². The Hall–Kier alpha value is -2.78. The van der Waals surface area contributed by atoms with Crippen molar-refractivity contribution in [2.75, 3.05) is 26.2 Å². The predicted octanol–water partition coefficient (Wildman–Crippen LogP) is 3.75. The summed E-state index contributed by atoms with van der Waals surface area (Å²) in [6.45, 7) is 4.95. The fraction of sp³-hybridized carbons (Fsp3) is 0.391. The van der Waals surface area contributed by atoms with Crippen LogP contribution in [0.3, 0.4) is 0 Å². The number of nitrogens with one attached hydrogen (secondary N) is 1. The molecule has 32 heavy (non-hydrogen) atoms. The third-order valence-corrected chi connectivity index (χ3v) is 8.06. The minimum absolute atomic E-state index is 0.00532. The molecule has 0 unspecified atom stereocenters. The molecule has 1 fully saturated rings. The topological polar surface area (TPSA) is 86.4 Å². The van der Waals surface area contributed by atoms with Crippen LogP contribution in [0.25, 0.3) is 11.0 Å². The van der Waals surface area contributed by atoms with Gasteiger partial charge in [0.25, 0.3) is 5.91 Å². The zero-order chi connectivity index (χ0) is 22.9. The molecule has 7 nitrogen and oxygen atoms in total. The zero-order valence-corrected chi connectivity index (χ0v) is 19.0. The number of H-pyrrole nitrogens is 1. The molecule has 1 aliphatic rings. The van der Waals surface area contributed by atoms with Crippen molar-refractivity contribution in [3.05, 3.63) is 59.7 Å². The van der Waals surface area contributed by atoms with Gasteiger partial charge in [-0.2, -0.15) is 4.31 Å². The van der Waals surface area contributed by atoms with Gasteiger partial charge in [0, 0.05) is 32.1 Å². The van der Waals surface area contributed by atoms with Gasteiger partial charge in [-0.15, -0.1) is 0 Å². The second kappa shape index (κ2) is 8.99. The van der Waals surface area contributed by atoms with Gasteiger partial charge in [-0.1, -0.05) is 26.0 Å². The average molecular weight is 459 g/mol. The van der Waals surface area contributed by atoms with Crippen molar-refractivity contribution in [3.63, 3.8) is 0 Å². The molecule has 0 spiro atoms. The average Bonchev–Trinajstić information content (AvgIpc) is 3.24. The van der Waals surface area contributed by atoms with Gasteiger partial charge in [0.05, 0.1) is 21.5 Å². The number of amides is 1. The molecule has 0 saturated carbocycles. The Morgan fingerprint density at radius 2 is 1.97 bits per heavy atom. The van der Waals surface area contributed by atoms with Crippen molar-refractivity contribution in [2.24, 2.45) is 0 Å². The molecule has 1 aliphatic heterocycles. The summed E-state index contributed by atoms with van der Waals surface area (Å²) < 4.78 is 41.6. The second-order valence-electron chi connectivity index (χ2n) is 7.96. The van der Waals surface area contributed by atoms with Crippen LogP contribution in [-0.2, 0) is 10.0 Å². The number of imidazole rings is 1. The highest BCUT2D eigenvalue weighted by Gasteiger charge is 2.30. The Morgan fingerprint density at radius 1 is 1.22 bits per heavy atom. The van der Waals surface area contributed by atoms with Gasteiger partial charge in [-0.3, -0.25) is 4.79 Å². The lowest BCUT2D eigenvalue weighted by Gasteiger charge is -2.32. The van der Waals surface area contributed by atoms with Crippen molar-refractivity contribution in [1.82, 2.24) is 19.2 Å². The number of aromatic amines is 1. The van der Waals surface area contributed by atoms with E-state index in [-0.39, 0.29) is 16.4 Å². The maximum Gasteiger partial charge on any atom is 0.256 e. The van der Waals surface area contributed by atoms with E-state index in [1.165, 1.54) is 10.4 Å². The monoisotopic (exact) mass is 458 g/mol. The molecular weight excluding hydrogens is 431 g/mol. The Bertz CT molecular complexity index is 1200. The number of benzene rings is 2. The van der Waals surface area contributed by atoms with E-state index < -0.39 is 21.7 Å². The first-order valence-corrected chi connectivity index (χ1v) is 12.3. The van der Waals surface area contributed by atoms with Crippen molar-refractivity contribution in [3.8, 4) is 0 Å². The maximum atomic E-state index is 14.6. The van der Waals surface area contributed by atoms with Crippen LogP contribution in [0, 0.1) is 5.82 Å². The van der Waals surface area contributed by atoms with Gasteiger partial charge >= 0.3 is 0 Å². The number of likely N-dealkylation sites (tertiary alicyclic amines) is 1. The van der Waals surface area contributed by atoms with Gasteiger partial charge in [-0.25, -0.2) is 17.8 Å². The Labute approximate surface area is 187 Å². The summed E-state index contributed by atoms with van der Waals surface area (Å²) in [5.41, 5.74) is 1.58. The summed E-state index contributed by atoms with van der Waals surface area (Å²) in [4.78, 5) is 22.7. The summed E-state index contributed by atoms with van der Waals surface area (Å²) in [5.74, 6) is -0.410. The summed E-state index contributed by atoms with van der Waals surface area (Å²) >= 11 is 0. The number of piperidine rings is 1. The maximum absolute atomic E-state index is 14.6. The first kappa shape index (κ1) is 22.4. The van der Waals surface area contributed by atoms with Crippen molar-refractivity contribution < 1.29 is 17.6 Å². The largest absolute Gasteiger partial charge is 0.342 e. The van der Waals surface area contributed by atoms with E-state index in [9.17, 15) is 17.6 Å². The minimum Gasteiger partial charge on any atom is -0.342 e. The van der Waals surface area contributed by atoms with E-state index in [0.717, 1.165) is 41.8 Å². The highest BCUT2D eigenvalue weighted by molar-refractivity contribution is 7.89. The number of carbonyl (C=O) groups excluding carboxylic acids is 1. The van der Waals surface area contributed by atoms with E-state index in [0.29, 0.717) is 26.2 Å². The molecule has 0 bridgehead atoms. The molecule has 170 valence electrons. The van der Waals surface area contributed by atoms with Crippen LogP contribution >= 0.6 is 0 Å². The lowest BCUT2D eigenvalue weighted by Crippen LogP contribution is -2.40. The first-order valence-electron chi connectivity index (χ1n) is 10.9. The highest BCUT2D eigenvalue weighted by Crippen LogP contribution is 2.28. The summed E-state index contributed by atoms with van der Waals surface area (Å²) in [6.07, 6.45) is 1.62. The number of nitrogens with zero attached hydrogens (tertiary/aromatic N) is 3. The third-order valence-electron chi connectivity index (χ3n) is 6.01. The Kier molecular flexibility index (Phi) is 6.30. The minimum atomic E-state index is -3.79. The molecule has 2 heterocycles. The molecule has 3 aromatic rings. The number of hydrogen-bond donors (Lipinski definition) is 1. The second-order valence-corrected chi connectivity index (χ2v) is 9.90. The molecule has 2 aromatic carbocycles. The predicted molar refractivity (Wildman–Crippen MR) is 120 cm³/mol. The summed E-state index contributed by atoms with van der Waals surface area (Å²) in [6, 6.07) is 11.2. The molecule has 9 heteroatoms. The lowest BCUT2D eigenvalue weighted by molar-refractivity contribution is 0.0700. The van der Waals surface area contributed by atoms with E-state index in [2.05, 4.69) is 9.97 Å². The van der Waals surface area contributed by atoms with Crippen molar-refractivity contribution in [2.45, 2.75) is 37.5 Å². The molecule has 1 saturated heterocycles. The molecule has 1 N–H and O–H groups in total. The van der Waals surface area contributed by atoms with E-state index in [1.807, 2.05) is 24.3 Å². The van der Waals surface area contributed by atoms with Gasteiger partial charge in [0.1, 0.15) is 11.6 Å². The molecule has 4 rings (SSSR count). The number of aromatic nitrogens is 2. The van der Waals surface area contributed by atoms with Crippen LogP contribution in [0.1, 0.15) is 48.8 Å². The quantitative estimate of drug-likeness (QED) is 0.610. The fourth-order valence-electron chi connectivity index (χ4n) is 4.26. The molecule has 0 radical (unpaired) electrons. The zero-order valence-electron chi connectivity index (χ0n) is 18.2. The van der Waals surface area contributed by atoms with Crippen LogP contribution in [0.5, 0.6) is 0 Å². The Balaban J connectivity index is 1.59. The third kappa shape index (κ3) is 4.14. The summed E-state index contributed by atoms with van der Waals surface area (Å²) in [5, 5.41) is 0. The molecular formula is C23H27FN4O3S. The highest BCUT2D eigenvalue weighted by atomic mass is 32.2. The number of sulfonamides is 1. The van der Waals surface area contributed by atoms with Crippen LogP contribution in [0.2, 0.25) is 0 Å². The SMILES string of the molecule is CCN(CC)S(=O)(=O)c1ccc(F)c(C(=O)N2CCC[C@@H](c3nc4ccccc4[nH]3)C2)c1. The first-order chi connectivity index (χ1) is 15.3. The van der Waals surface area contributed by atoms with Gasteiger partial charge < -0.3 is 9.88 Å². The number of rotatable bonds is 6.